The van der Waals surface area contributed by atoms with E-state index in [9.17, 15) is 9.59 Å². The lowest BCUT2D eigenvalue weighted by Crippen LogP contribution is -2.30. The lowest BCUT2D eigenvalue weighted by molar-refractivity contribution is -0.123. The van der Waals surface area contributed by atoms with Crippen LogP contribution in [0.15, 0.2) is 36.4 Å². The number of carbonyl (C=O) groups excluding carboxylic acids is 2. The Hall–Kier alpha value is -2.44. The fourth-order valence-corrected chi connectivity index (χ4v) is 2.59. The minimum Gasteiger partial charge on any atom is -0.454 e. The molecule has 1 atom stereocenters. The maximum atomic E-state index is 12.2. The molecule has 1 amide bonds. The summed E-state index contributed by atoms with van der Waals surface area (Å²) in [5.41, 5.74) is 0.635. The van der Waals surface area contributed by atoms with Crippen LogP contribution in [0, 0.1) is 0 Å². The van der Waals surface area contributed by atoms with Crippen LogP contribution in [0.4, 0.5) is 5.69 Å². The molecular formula is C17H13Cl2NO5. The highest BCUT2D eigenvalue weighted by Crippen LogP contribution is 2.32. The molecule has 0 aliphatic carbocycles. The number of halogens is 2. The van der Waals surface area contributed by atoms with Crippen molar-refractivity contribution in [2.24, 2.45) is 0 Å². The third-order valence-corrected chi connectivity index (χ3v) is 4.00. The third-order valence-electron chi connectivity index (χ3n) is 3.45. The molecule has 25 heavy (non-hydrogen) atoms. The van der Waals surface area contributed by atoms with E-state index >= 15 is 0 Å². The van der Waals surface area contributed by atoms with E-state index in [0.717, 1.165) is 0 Å². The zero-order valence-corrected chi connectivity index (χ0v) is 14.6. The molecule has 1 aliphatic rings. The van der Waals surface area contributed by atoms with Crippen molar-refractivity contribution >= 4 is 40.8 Å². The molecule has 0 fully saturated rings. The van der Waals surface area contributed by atoms with Gasteiger partial charge in [-0.2, -0.15) is 0 Å². The Morgan fingerprint density at radius 1 is 1.12 bits per heavy atom. The van der Waals surface area contributed by atoms with E-state index in [0.29, 0.717) is 22.2 Å². The van der Waals surface area contributed by atoms with Crippen LogP contribution in [0.1, 0.15) is 17.3 Å². The lowest BCUT2D eigenvalue weighted by Gasteiger charge is -2.14. The van der Waals surface area contributed by atoms with Crippen LogP contribution in [0.2, 0.25) is 10.0 Å². The smallest absolute Gasteiger partial charge is 0.339 e. The number of anilines is 1. The first kappa shape index (κ1) is 17.4. The Labute approximate surface area is 153 Å². The molecule has 0 unspecified atom stereocenters. The van der Waals surface area contributed by atoms with Gasteiger partial charge in [-0.05, 0) is 43.3 Å². The number of amides is 1. The first-order chi connectivity index (χ1) is 11.9. The summed E-state index contributed by atoms with van der Waals surface area (Å²) in [6, 6.07) is 9.31. The molecule has 1 N–H and O–H groups in total. The molecule has 3 rings (SSSR count). The highest BCUT2D eigenvalue weighted by molar-refractivity contribution is 6.36. The summed E-state index contributed by atoms with van der Waals surface area (Å²) in [5.74, 6) is -0.152. The number of hydrogen-bond acceptors (Lipinski definition) is 5. The normalized spacial score (nSPS) is 13.2. The summed E-state index contributed by atoms with van der Waals surface area (Å²) in [6.07, 6.45) is -1.02. The van der Waals surface area contributed by atoms with Gasteiger partial charge in [0.25, 0.3) is 5.91 Å². The largest absolute Gasteiger partial charge is 0.454 e. The van der Waals surface area contributed by atoms with Crippen molar-refractivity contribution in [3.8, 4) is 11.5 Å². The van der Waals surface area contributed by atoms with Crippen molar-refractivity contribution in [2.75, 3.05) is 12.1 Å². The molecule has 2 aromatic rings. The van der Waals surface area contributed by atoms with Crippen LogP contribution in [0.3, 0.4) is 0 Å². The fraction of sp³-hybridized carbons (Fsp3) is 0.176. The Balaban J connectivity index is 1.63. The van der Waals surface area contributed by atoms with E-state index in [4.69, 9.17) is 37.4 Å². The zero-order valence-electron chi connectivity index (χ0n) is 13.0. The minimum absolute atomic E-state index is 0.106. The number of nitrogens with one attached hydrogen (secondary N) is 1. The highest BCUT2D eigenvalue weighted by atomic mass is 35.5. The Kier molecular flexibility index (Phi) is 5.01. The first-order valence-electron chi connectivity index (χ1n) is 7.30. The molecule has 0 radical (unpaired) electrons. The quantitative estimate of drug-likeness (QED) is 0.812. The number of ether oxygens (including phenoxy) is 3. The van der Waals surface area contributed by atoms with Gasteiger partial charge in [-0.25, -0.2) is 4.79 Å². The Morgan fingerprint density at radius 2 is 1.88 bits per heavy atom. The maximum Gasteiger partial charge on any atom is 0.339 e. The van der Waals surface area contributed by atoms with E-state index in [1.807, 2.05) is 0 Å². The minimum atomic E-state index is -1.02. The van der Waals surface area contributed by atoms with Gasteiger partial charge in [0.05, 0.1) is 16.3 Å². The first-order valence-corrected chi connectivity index (χ1v) is 8.06. The second kappa shape index (κ2) is 7.21. The van der Waals surface area contributed by atoms with Crippen LogP contribution in [-0.4, -0.2) is 24.8 Å². The van der Waals surface area contributed by atoms with Crippen molar-refractivity contribution in [2.45, 2.75) is 13.0 Å². The summed E-state index contributed by atoms with van der Waals surface area (Å²) in [6.45, 7) is 1.57. The van der Waals surface area contributed by atoms with Crippen molar-refractivity contribution in [3.63, 3.8) is 0 Å². The molecule has 0 bridgehead atoms. The van der Waals surface area contributed by atoms with Gasteiger partial charge in [-0.15, -0.1) is 0 Å². The van der Waals surface area contributed by atoms with Gasteiger partial charge >= 0.3 is 5.97 Å². The zero-order chi connectivity index (χ0) is 18.0. The van der Waals surface area contributed by atoms with E-state index in [1.165, 1.54) is 25.1 Å². The van der Waals surface area contributed by atoms with Gasteiger partial charge in [0.15, 0.2) is 17.6 Å². The third kappa shape index (κ3) is 3.97. The second-order valence-electron chi connectivity index (χ2n) is 5.23. The average molecular weight is 382 g/mol. The summed E-state index contributed by atoms with van der Waals surface area (Å²) >= 11 is 11.8. The van der Waals surface area contributed by atoms with E-state index in [2.05, 4.69) is 5.32 Å². The van der Waals surface area contributed by atoms with Gasteiger partial charge < -0.3 is 19.5 Å². The lowest BCUT2D eigenvalue weighted by atomic mass is 10.2. The molecular weight excluding hydrogens is 369 g/mol. The van der Waals surface area contributed by atoms with E-state index in [-0.39, 0.29) is 17.4 Å². The van der Waals surface area contributed by atoms with Crippen molar-refractivity contribution in [1.82, 2.24) is 0 Å². The molecule has 0 saturated heterocycles. The summed E-state index contributed by atoms with van der Waals surface area (Å²) < 4.78 is 15.6. The Morgan fingerprint density at radius 3 is 2.64 bits per heavy atom. The van der Waals surface area contributed by atoms with E-state index < -0.39 is 18.0 Å². The van der Waals surface area contributed by atoms with Crippen LogP contribution in [-0.2, 0) is 9.53 Å². The highest BCUT2D eigenvalue weighted by Gasteiger charge is 2.22. The van der Waals surface area contributed by atoms with Crippen molar-refractivity contribution < 1.29 is 23.8 Å². The maximum absolute atomic E-state index is 12.2. The number of esters is 1. The predicted molar refractivity (Wildman–Crippen MR) is 92.5 cm³/mol. The van der Waals surface area contributed by atoms with Crippen LogP contribution in [0.25, 0.3) is 0 Å². The molecule has 0 saturated carbocycles. The van der Waals surface area contributed by atoms with Crippen LogP contribution < -0.4 is 14.8 Å². The Bertz CT molecular complexity index is 840. The molecule has 2 aromatic carbocycles. The van der Waals surface area contributed by atoms with Gasteiger partial charge in [0, 0.05) is 5.02 Å². The number of fused-ring (bicyclic) bond motifs is 1. The number of benzene rings is 2. The van der Waals surface area contributed by atoms with E-state index in [1.54, 1.807) is 18.2 Å². The molecule has 0 spiro atoms. The fourth-order valence-electron chi connectivity index (χ4n) is 2.13. The molecule has 6 nitrogen and oxygen atoms in total. The van der Waals surface area contributed by atoms with Crippen LogP contribution in [0.5, 0.6) is 11.5 Å². The summed E-state index contributed by atoms with van der Waals surface area (Å²) in [7, 11) is 0. The summed E-state index contributed by atoms with van der Waals surface area (Å²) in [5, 5.41) is 3.32. The van der Waals surface area contributed by atoms with Crippen LogP contribution >= 0.6 is 23.2 Å². The number of rotatable bonds is 4. The molecule has 1 aliphatic heterocycles. The van der Waals surface area contributed by atoms with Crippen molar-refractivity contribution in [1.29, 1.82) is 0 Å². The molecule has 130 valence electrons. The van der Waals surface area contributed by atoms with Gasteiger partial charge in [0.1, 0.15) is 0 Å². The molecule has 8 heteroatoms. The molecule has 1 heterocycles. The second-order valence-corrected chi connectivity index (χ2v) is 6.07. The van der Waals surface area contributed by atoms with Gasteiger partial charge in [-0.3, -0.25) is 4.79 Å². The predicted octanol–water partition coefficient (Wildman–Crippen LogP) is 3.91. The number of carbonyl (C=O) groups is 2. The van der Waals surface area contributed by atoms with Crippen molar-refractivity contribution in [3.05, 3.63) is 52.0 Å². The standard InChI is InChI=1S/C17H13Cl2NO5/c1-9(16(21)20-13-4-3-11(18)7-12(13)19)25-17(22)10-2-5-14-15(6-10)24-8-23-14/h2-7,9H,8H2,1H3,(H,20,21)/t9-/m1/s1. The molecule has 0 aromatic heterocycles. The topological polar surface area (TPSA) is 73.9 Å². The average Bonchev–Trinajstić information content (AvgIpc) is 3.04. The van der Waals surface area contributed by atoms with Gasteiger partial charge in [-0.1, -0.05) is 23.2 Å². The van der Waals surface area contributed by atoms with Gasteiger partial charge in [0.2, 0.25) is 6.79 Å². The SMILES string of the molecule is C[C@@H](OC(=O)c1ccc2c(c1)OCO2)C(=O)Nc1ccc(Cl)cc1Cl. The number of hydrogen-bond donors (Lipinski definition) is 1. The summed E-state index contributed by atoms with van der Waals surface area (Å²) in [4.78, 5) is 24.4. The monoisotopic (exact) mass is 381 g/mol.